The summed E-state index contributed by atoms with van der Waals surface area (Å²) in [5.74, 6) is 0.857. The van der Waals surface area contributed by atoms with E-state index in [1.54, 1.807) is 7.11 Å². The molecule has 0 aliphatic carbocycles. The molecule has 1 unspecified atom stereocenters. The summed E-state index contributed by atoms with van der Waals surface area (Å²) in [4.78, 5) is 0. The zero-order valence-corrected chi connectivity index (χ0v) is 12.8. The number of hydrogen-bond acceptors (Lipinski definition) is 3. The molecule has 0 amide bonds. The molecular weight excluding hydrogens is 296 g/mol. The molecule has 0 saturated carbocycles. The molecule has 0 saturated heterocycles. The van der Waals surface area contributed by atoms with Crippen molar-refractivity contribution >= 4 is 15.9 Å². The molecule has 0 N–H and O–H groups in total. The van der Waals surface area contributed by atoms with Crippen molar-refractivity contribution in [2.75, 3.05) is 25.7 Å². The Hall–Kier alpha value is -0.580. The first-order valence-electron chi connectivity index (χ1n) is 6.10. The lowest BCUT2D eigenvalue weighted by molar-refractivity contribution is -0.00554. The van der Waals surface area contributed by atoms with Gasteiger partial charge in [-0.15, -0.1) is 0 Å². The summed E-state index contributed by atoms with van der Waals surface area (Å²) in [5, 5.41) is 0.765. The molecule has 3 nitrogen and oxygen atoms in total. The highest BCUT2D eigenvalue weighted by Crippen LogP contribution is 2.22. The van der Waals surface area contributed by atoms with Gasteiger partial charge < -0.3 is 14.2 Å². The topological polar surface area (TPSA) is 27.7 Å². The van der Waals surface area contributed by atoms with Crippen LogP contribution >= 0.6 is 15.9 Å². The third-order valence-electron chi connectivity index (χ3n) is 2.48. The lowest BCUT2D eigenvalue weighted by Crippen LogP contribution is -2.13. The Morgan fingerprint density at radius 1 is 1.06 bits per heavy atom. The summed E-state index contributed by atoms with van der Waals surface area (Å²) in [6.07, 6.45) is 0.295. The Bertz CT molecular complexity index is 324. The van der Waals surface area contributed by atoms with E-state index in [0.717, 1.165) is 16.6 Å². The highest BCUT2D eigenvalue weighted by atomic mass is 79.9. The Morgan fingerprint density at radius 3 is 2.17 bits per heavy atom. The molecule has 0 radical (unpaired) electrons. The van der Waals surface area contributed by atoms with E-state index >= 15 is 0 Å². The van der Waals surface area contributed by atoms with Gasteiger partial charge in [0.15, 0.2) is 0 Å². The molecule has 1 atom stereocenters. The van der Waals surface area contributed by atoms with Crippen LogP contribution in [0.15, 0.2) is 24.3 Å². The van der Waals surface area contributed by atoms with Crippen LogP contribution in [0.25, 0.3) is 0 Å². The van der Waals surface area contributed by atoms with Crippen LogP contribution in [-0.2, 0) is 9.47 Å². The normalized spacial score (nSPS) is 12.7. The smallest absolute Gasteiger partial charge is 0.118 e. The maximum Gasteiger partial charge on any atom is 0.118 e. The van der Waals surface area contributed by atoms with Crippen molar-refractivity contribution in [1.29, 1.82) is 0 Å². The minimum absolute atomic E-state index is 0.0478. The predicted octanol–water partition coefficient (Wildman–Crippen LogP) is 3.57. The number of ether oxygens (including phenoxy) is 3. The number of halogens is 1. The average molecular weight is 317 g/mol. The van der Waals surface area contributed by atoms with Crippen molar-refractivity contribution in [1.82, 2.24) is 0 Å². The number of rotatable bonds is 8. The summed E-state index contributed by atoms with van der Waals surface area (Å²) in [6, 6.07) is 7.93. The zero-order valence-electron chi connectivity index (χ0n) is 11.2. The van der Waals surface area contributed by atoms with Crippen molar-refractivity contribution in [2.45, 2.75) is 26.1 Å². The summed E-state index contributed by atoms with van der Waals surface area (Å²) in [5.41, 5.74) is 1.14. The quantitative estimate of drug-likeness (QED) is 0.542. The molecule has 0 fully saturated rings. The monoisotopic (exact) mass is 316 g/mol. The van der Waals surface area contributed by atoms with Gasteiger partial charge in [-0.2, -0.15) is 0 Å². The molecule has 1 aromatic carbocycles. The van der Waals surface area contributed by atoms with Gasteiger partial charge in [-0.25, -0.2) is 0 Å². The van der Waals surface area contributed by atoms with Gasteiger partial charge in [0.25, 0.3) is 0 Å². The van der Waals surface area contributed by atoms with E-state index in [1.807, 2.05) is 38.1 Å². The standard InChI is InChI=1S/C14H21BrO3/c1-11(2)17-8-9-18-14(10-15)12-4-6-13(16-3)7-5-12/h4-7,11,14H,8-10H2,1-3H3. The zero-order chi connectivity index (χ0) is 13.4. The molecule has 0 aliphatic rings. The predicted molar refractivity (Wildman–Crippen MR) is 76.6 cm³/mol. The second kappa shape index (κ2) is 8.51. The van der Waals surface area contributed by atoms with Crippen LogP contribution in [0.2, 0.25) is 0 Å². The molecule has 0 bridgehead atoms. The molecule has 0 spiro atoms. The largest absolute Gasteiger partial charge is 0.497 e. The van der Waals surface area contributed by atoms with Gasteiger partial charge in [-0.1, -0.05) is 28.1 Å². The lowest BCUT2D eigenvalue weighted by Gasteiger charge is -2.17. The van der Waals surface area contributed by atoms with E-state index in [1.165, 1.54) is 0 Å². The fourth-order valence-corrected chi connectivity index (χ4v) is 2.08. The third-order valence-corrected chi connectivity index (χ3v) is 3.07. The van der Waals surface area contributed by atoms with Gasteiger partial charge in [0.2, 0.25) is 0 Å². The Balaban J connectivity index is 2.44. The van der Waals surface area contributed by atoms with E-state index in [2.05, 4.69) is 15.9 Å². The van der Waals surface area contributed by atoms with E-state index in [0.29, 0.717) is 13.2 Å². The molecular formula is C14H21BrO3. The van der Waals surface area contributed by atoms with Crippen LogP contribution in [-0.4, -0.2) is 31.8 Å². The van der Waals surface area contributed by atoms with E-state index in [-0.39, 0.29) is 12.2 Å². The summed E-state index contributed by atoms with van der Waals surface area (Å²) < 4.78 is 16.4. The first-order chi connectivity index (χ1) is 8.67. The first kappa shape index (κ1) is 15.5. The minimum Gasteiger partial charge on any atom is -0.497 e. The second-order valence-electron chi connectivity index (χ2n) is 4.21. The number of alkyl halides is 1. The minimum atomic E-state index is 0.0478. The van der Waals surface area contributed by atoms with Crippen molar-refractivity contribution < 1.29 is 14.2 Å². The fourth-order valence-electron chi connectivity index (χ4n) is 1.52. The van der Waals surface area contributed by atoms with Crippen LogP contribution in [0, 0.1) is 0 Å². The van der Waals surface area contributed by atoms with Gasteiger partial charge in [-0.3, -0.25) is 0 Å². The van der Waals surface area contributed by atoms with Gasteiger partial charge in [0, 0.05) is 5.33 Å². The molecule has 102 valence electrons. The molecule has 4 heteroatoms. The maximum atomic E-state index is 5.79. The molecule has 1 aromatic rings. The first-order valence-corrected chi connectivity index (χ1v) is 7.22. The Kier molecular flexibility index (Phi) is 7.32. The van der Waals surface area contributed by atoms with E-state index in [9.17, 15) is 0 Å². The fraction of sp³-hybridized carbons (Fsp3) is 0.571. The summed E-state index contributed by atoms with van der Waals surface area (Å²) >= 11 is 3.47. The van der Waals surface area contributed by atoms with Gasteiger partial charge in [0.1, 0.15) is 5.75 Å². The second-order valence-corrected chi connectivity index (χ2v) is 4.85. The highest BCUT2D eigenvalue weighted by Gasteiger charge is 2.10. The summed E-state index contributed by atoms with van der Waals surface area (Å²) in [6.45, 7) is 5.26. The molecule has 0 aliphatic heterocycles. The molecule has 0 aromatic heterocycles. The lowest BCUT2D eigenvalue weighted by atomic mass is 10.1. The van der Waals surface area contributed by atoms with Gasteiger partial charge >= 0.3 is 0 Å². The Labute approximate surface area is 118 Å². The van der Waals surface area contributed by atoms with Crippen LogP contribution in [0.5, 0.6) is 5.75 Å². The number of methoxy groups -OCH3 is 1. The molecule has 1 rings (SSSR count). The van der Waals surface area contributed by atoms with Crippen LogP contribution in [0.3, 0.4) is 0 Å². The third kappa shape index (κ3) is 5.38. The maximum absolute atomic E-state index is 5.79. The van der Waals surface area contributed by atoms with Gasteiger partial charge in [0.05, 0.1) is 32.5 Å². The summed E-state index contributed by atoms with van der Waals surface area (Å²) in [7, 11) is 1.66. The van der Waals surface area contributed by atoms with E-state index < -0.39 is 0 Å². The number of benzene rings is 1. The molecule has 0 heterocycles. The van der Waals surface area contributed by atoms with Crippen molar-refractivity contribution in [3.63, 3.8) is 0 Å². The van der Waals surface area contributed by atoms with E-state index in [4.69, 9.17) is 14.2 Å². The molecule has 18 heavy (non-hydrogen) atoms. The van der Waals surface area contributed by atoms with Crippen molar-refractivity contribution in [3.05, 3.63) is 29.8 Å². The van der Waals surface area contributed by atoms with Crippen LogP contribution < -0.4 is 4.74 Å². The SMILES string of the molecule is COc1ccc(C(CBr)OCCOC(C)C)cc1. The number of hydrogen-bond donors (Lipinski definition) is 0. The van der Waals surface area contributed by atoms with Crippen molar-refractivity contribution in [3.8, 4) is 5.75 Å². The van der Waals surface area contributed by atoms with Crippen LogP contribution in [0.1, 0.15) is 25.5 Å². The van der Waals surface area contributed by atoms with Crippen LogP contribution in [0.4, 0.5) is 0 Å². The van der Waals surface area contributed by atoms with Gasteiger partial charge in [-0.05, 0) is 31.5 Å². The van der Waals surface area contributed by atoms with Crippen molar-refractivity contribution in [2.24, 2.45) is 0 Å². The highest BCUT2D eigenvalue weighted by molar-refractivity contribution is 9.09. The Morgan fingerprint density at radius 2 is 1.67 bits per heavy atom. The average Bonchev–Trinajstić information content (AvgIpc) is 2.39.